The van der Waals surface area contributed by atoms with Gasteiger partial charge in [-0.2, -0.15) is 0 Å². The zero-order chi connectivity index (χ0) is 15.5. The maximum Gasteiger partial charge on any atom is 0.338 e. The van der Waals surface area contributed by atoms with Gasteiger partial charge in [-0.3, -0.25) is 0 Å². The number of carbonyl (C=O) groups is 1. The molecule has 118 valence electrons. The highest BCUT2D eigenvalue weighted by atomic mass is 16.5. The zero-order valence-corrected chi connectivity index (χ0v) is 13.6. The number of methoxy groups -OCH3 is 1. The number of benzene rings is 1. The number of unbranched alkanes of at least 4 members (excludes halogenated alkanes) is 2. The maximum atomic E-state index is 12.0. The molecule has 1 rings (SSSR count). The van der Waals surface area contributed by atoms with Crippen LogP contribution in [0.15, 0.2) is 24.3 Å². The molecular weight excluding hydrogens is 264 g/mol. The zero-order valence-electron chi connectivity index (χ0n) is 13.6. The molecule has 0 aliphatic carbocycles. The van der Waals surface area contributed by atoms with Crippen LogP contribution in [-0.4, -0.2) is 19.7 Å². The summed E-state index contributed by atoms with van der Waals surface area (Å²) in [6.45, 7) is 4.92. The van der Waals surface area contributed by atoms with E-state index in [2.05, 4.69) is 13.8 Å². The van der Waals surface area contributed by atoms with Crippen molar-refractivity contribution < 1.29 is 14.3 Å². The second-order valence-corrected chi connectivity index (χ2v) is 5.48. The van der Waals surface area contributed by atoms with Crippen LogP contribution < -0.4 is 4.74 Å². The van der Waals surface area contributed by atoms with E-state index in [4.69, 9.17) is 9.47 Å². The normalized spacial score (nSPS) is 12.0. The number of hydrogen-bond donors (Lipinski definition) is 0. The Bertz CT molecular complexity index is 397. The largest absolute Gasteiger partial charge is 0.497 e. The summed E-state index contributed by atoms with van der Waals surface area (Å²) >= 11 is 0. The van der Waals surface area contributed by atoms with Crippen LogP contribution in [0.2, 0.25) is 0 Å². The molecule has 0 saturated carbocycles. The monoisotopic (exact) mass is 292 g/mol. The molecule has 21 heavy (non-hydrogen) atoms. The lowest BCUT2D eigenvalue weighted by atomic mass is 9.97. The minimum absolute atomic E-state index is 0.241. The standard InChI is InChI=1S/C18H28O3/c1-4-6-7-9-15(8-5-2)14-21-18(19)16-10-12-17(20-3)13-11-16/h10-13,15H,4-9,14H2,1-3H3/t15-/m0/s1. The van der Waals surface area contributed by atoms with Crippen molar-refractivity contribution in [1.29, 1.82) is 0 Å². The number of hydrogen-bond acceptors (Lipinski definition) is 3. The Morgan fingerprint density at radius 2 is 1.76 bits per heavy atom. The molecule has 3 heteroatoms. The third-order valence-electron chi connectivity index (χ3n) is 3.69. The molecule has 0 aliphatic rings. The van der Waals surface area contributed by atoms with Crippen LogP contribution >= 0.6 is 0 Å². The van der Waals surface area contributed by atoms with E-state index in [1.807, 2.05) is 0 Å². The first kappa shape index (κ1) is 17.5. The van der Waals surface area contributed by atoms with E-state index in [0.717, 1.165) is 25.0 Å². The average Bonchev–Trinajstić information content (AvgIpc) is 2.52. The molecule has 0 saturated heterocycles. The molecule has 0 aromatic heterocycles. The molecule has 0 heterocycles. The molecule has 0 N–H and O–H groups in total. The van der Waals surface area contributed by atoms with Crippen molar-refractivity contribution in [2.45, 2.75) is 52.4 Å². The third kappa shape index (κ3) is 6.65. The fourth-order valence-electron chi connectivity index (χ4n) is 2.41. The highest BCUT2D eigenvalue weighted by molar-refractivity contribution is 5.89. The second-order valence-electron chi connectivity index (χ2n) is 5.48. The molecule has 0 spiro atoms. The highest BCUT2D eigenvalue weighted by Gasteiger charge is 2.12. The van der Waals surface area contributed by atoms with Crippen molar-refractivity contribution in [3.63, 3.8) is 0 Å². The lowest BCUT2D eigenvalue weighted by Crippen LogP contribution is -2.14. The molecule has 3 nitrogen and oxygen atoms in total. The predicted octanol–water partition coefficient (Wildman–Crippen LogP) is 4.85. The van der Waals surface area contributed by atoms with Crippen molar-refractivity contribution in [3.05, 3.63) is 29.8 Å². The van der Waals surface area contributed by atoms with E-state index < -0.39 is 0 Å². The van der Waals surface area contributed by atoms with E-state index in [-0.39, 0.29) is 5.97 Å². The second kappa shape index (κ2) is 10.3. The van der Waals surface area contributed by atoms with Crippen molar-refractivity contribution in [3.8, 4) is 5.75 Å². The molecule has 0 amide bonds. The van der Waals surface area contributed by atoms with Crippen molar-refractivity contribution >= 4 is 5.97 Å². The number of ether oxygens (including phenoxy) is 2. The topological polar surface area (TPSA) is 35.5 Å². The molecule has 0 bridgehead atoms. The average molecular weight is 292 g/mol. The summed E-state index contributed by atoms with van der Waals surface area (Å²) in [5.41, 5.74) is 0.583. The minimum atomic E-state index is -0.241. The summed E-state index contributed by atoms with van der Waals surface area (Å²) in [6.07, 6.45) is 7.12. The van der Waals surface area contributed by atoms with Crippen LogP contribution in [0, 0.1) is 5.92 Å². The highest BCUT2D eigenvalue weighted by Crippen LogP contribution is 2.17. The van der Waals surface area contributed by atoms with E-state index in [9.17, 15) is 4.79 Å². The quantitative estimate of drug-likeness (QED) is 0.457. The first-order valence-electron chi connectivity index (χ1n) is 8.02. The molecule has 0 radical (unpaired) electrons. The number of rotatable bonds is 10. The van der Waals surface area contributed by atoms with E-state index in [1.165, 1.54) is 19.3 Å². The predicted molar refractivity (Wildman–Crippen MR) is 85.8 cm³/mol. The van der Waals surface area contributed by atoms with Gasteiger partial charge in [-0.1, -0.05) is 39.5 Å². The summed E-state index contributed by atoms with van der Waals surface area (Å²) in [4.78, 5) is 12.0. The first-order chi connectivity index (χ1) is 10.2. The van der Waals surface area contributed by atoms with Gasteiger partial charge in [-0.05, 0) is 43.0 Å². The van der Waals surface area contributed by atoms with Gasteiger partial charge in [0.05, 0.1) is 19.3 Å². The summed E-state index contributed by atoms with van der Waals surface area (Å²) in [6, 6.07) is 7.04. The Morgan fingerprint density at radius 3 is 2.33 bits per heavy atom. The summed E-state index contributed by atoms with van der Waals surface area (Å²) in [7, 11) is 1.61. The fourth-order valence-corrected chi connectivity index (χ4v) is 2.41. The van der Waals surface area contributed by atoms with Crippen LogP contribution in [0.5, 0.6) is 5.75 Å². The Kier molecular flexibility index (Phi) is 8.56. The Balaban J connectivity index is 2.43. The lowest BCUT2D eigenvalue weighted by Gasteiger charge is -2.16. The lowest BCUT2D eigenvalue weighted by molar-refractivity contribution is 0.0423. The van der Waals surface area contributed by atoms with Gasteiger partial charge in [0.1, 0.15) is 5.75 Å². The van der Waals surface area contributed by atoms with Crippen LogP contribution in [0.3, 0.4) is 0 Å². The Labute approximate surface area is 128 Å². The summed E-state index contributed by atoms with van der Waals surface area (Å²) in [5, 5.41) is 0. The van der Waals surface area contributed by atoms with E-state index >= 15 is 0 Å². The Morgan fingerprint density at radius 1 is 1.05 bits per heavy atom. The van der Waals surface area contributed by atoms with Crippen LogP contribution in [0.4, 0.5) is 0 Å². The van der Waals surface area contributed by atoms with Gasteiger partial charge in [-0.15, -0.1) is 0 Å². The smallest absolute Gasteiger partial charge is 0.338 e. The van der Waals surface area contributed by atoms with Crippen molar-refractivity contribution in [2.24, 2.45) is 5.92 Å². The van der Waals surface area contributed by atoms with Crippen LogP contribution in [0.25, 0.3) is 0 Å². The minimum Gasteiger partial charge on any atom is -0.497 e. The van der Waals surface area contributed by atoms with Gasteiger partial charge in [0, 0.05) is 0 Å². The van der Waals surface area contributed by atoms with Gasteiger partial charge in [0.15, 0.2) is 0 Å². The van der Waals surface area contributed by atoms with Gasteiger partial charge in [0.2, 0.25) is 0 Å². The van der Waals surface area contributed by atoms with Gasteiger partial charge in [-0.25, -0.2) is 4.79 Å². The van der Waals surface area contributed by atoms with Crippen molar-refractivity contribution in [2.75, 3.05) is 13.7 Å². The fraction of sp³-hybridized carbons (Fsp3) is 0.611. The van der Waals surface area contributed by atoms with E-state index in [1.54, 1.807) is 31.4 Å². The summed E-state index contributed by atoms with van der Waals surface area (Å²) in [5.74, 6) is 0.993. The van der Waals surface area contributed by atoms with Crippen LogP contribution in [-0.2, 0) is 4.74 Å². The Hall–Kier alpha value is -1.51. The molecule has 0 aliphatic heterocycles. The summed E-state index contributed by atoms with van der Waals surface area (Å²) < 4.78 is 10.5. The van der Waals surface area contributed by atoms with Gasteiger partial charge < -0.3 is 9.47 Å². The SMILES string of the molecule is CCCCC[C@H](CCC)COC(=O)c1ccc(OC)cc1. The first-order valence-corrected chi connectivity index (χ1v) is 8.02. The molecule has 0 unspecified atom stereocenters. The van der Waals surface area contributed by atoms with Gasteiger partial charge in [0.25, 0.3) is 0 Å². The molecule has 1 aromatic carbocycles. The number of carbonyl (C=O) groups excluding carboxylic acids is 1. The molecule has 1 aromatic rings. The maximum absolute atomic E-state index is 12.0. The van der Waals surface area contributed by atoms with E-state index in [0.29, 0.717) is 18.1 Å². The molecule has 0 fully saturated rings. The third-order valence-corrected chi connectivity index (χ3v) is 3.69. The van der Waals surface area contributed by atoms with Crippen LogP contribution in [0.1, 0.15) is 62.7 Å². The molecular formula is C18H28O3. The molecule has 1 atom stereocenters. The van der Waals surface area contributed by atoms with Gasteiger partial charge >= 0.3 is 5.97 Å². The van der Waals surface area contributed by atoms with Crippen molar-refractivity contribution in [1.82, 2.24) is 0 Å². The number of esters is 1.